The van der Waals surface area contributed by atoms with Gasteiger partial charge in [-0.25, -0.2) is 0 Å². The Kier molecular flexibility index (Phi) is 5.19. The van der Waals surface area contributed by atoms with Crippen molar-refractivity contribution in [3.63, 3.8) is 0 Å². The van der Waals surface area contributed by atoms with Crippen LogP contribution in [0.3, 0.4) is 0 Å². The smallest absolute Gasteiger partial charge is 0.0541 e. The van der Waals surface area contributed by atoms with Crippen LogP contribution >= 0.6 is 11.3 Å². The van der Waals surface area contributed by atoms with Crippen molar-refractivity contribution in [1.29, 1.82) is 0 Å². The van der Waals surface area contributed by atoms with E-state index in [9.17, 15) is 0 Å². The second-order valence-corrected chi connectivity index (χ2v) is 12.9. The molecule has 0 spiro atoms. The van der Waals surface area contributed by atoms with Crippen LogP contribution in [0.25, 0.3) is 86.3 Å². The molecule has 0 saturated carbocycles. The molecular weight excluding hydrogens is 565 g/mol. The second-order valence-electron chi connectivity index (χ2n) is 11.8. The molecule has 0 N–H and O–H groups in total. The van der Waals surface area contributed by atoms with Crippen LogP contribution in [0.1, 0.15) is 0 Å². The molecule has 0 aliphatic carbocycles. The first-order chi connectivity index (χ1) is 22.3. The van der Waals surface area contributed by atoms with E-state index in [1.165, 1.54) is 86.3 Å². The number of rotatable bonds is 3. The normalized spacial score (nSPS) is 12.0. The van der Waals surface area contributed by atoms with E-state index in [0.29, 0.717) is 0 Å². The number of nitrogens with zero attached hydrogens (tertiary/aromatic N) is 2. The monoisotopic (exact) mass is 590 g/mol. The second kappa shape index (κ2) is 9.43. The highest BCUT2D eigenvalue weighted by Gasteiger charge is 2.16. The molecule has 0 radical (unpaired) electrons. The number of benzene rings is 7. The number of thiophene rings is 1. The van der Waals surface area contributed by atoms with Gasteiger partial charge in [0.1, 0.15) is 0 Å². The minimum Gasteiger partial charge on any atom is -0.309 e. The highest BCUT2D eigenvalue weighted by atomic mass is 32.1. The molecule has 0 unspecified atom stereocenters. The predicted molar refractivity (Wildman–Crippen MR) is 193 cm³/mol. The minimum absolute atomic E-state index is 1.18. The average molecular weight is 591 g/mol. The largest absolute Gasteiger partial charge is 0.309 e. The third-order valence-electron chi connectivity index (χ3n) is 9.31. The molecule has 0 fully saturated rings. The minimum atomic E-state index is 1.18. The van der Waals surface area contributed by atoms with Gasteiger partial charge in [-0.3, -0.25) is 0 Å². The summed E-state index contributed by atoms with van der Waals surface area (Å²) in [6.07, 6.45) is 0. The van der Waals surface area contributed by atoms with Gasteiger partial charge in [-0.15, -0.1) is 11.3 Å². The van der Waals surface area contributed by atoms with Crippen LogP contribution in [0, 0.1) is 0 Å². The summed E-state index contributed by atoms with van der Waals surface area (Å²) in [6.45, 7) is 0. The molecular formula is C42H26N2S. The van der Waals surface area contributed by atoms with Crippen molar-refractivity contribution in [2.24, 2.45) is 0 Å². The lowest BCUT2D eigenvalue weighted by molar-refractivity contribution is 1.18. The Morgan fingerprint density at radius 3 is 1.49 bits per heavy atom. The summed E-state index contributed by atoms with van der Waals surface area (Å²) in [6, 6.07) is 57.7. The standard InChI is InChI=1S/C42H26N2S/c1-2-10-29(11-3-1)43-37-15-7-4-12-31(37)35-24-27(18-22-39(35)43)28-19-23-40-36(25-28)32-13-5-8-16-38(32)44(40)30-20-21-34-33-14-6-9-17-41(33)45-42(34)26-30/h1-26H. The summed E-state index contributed by atoms with van der Waals surface area (Å²) in [5.74, 6) is 0. The predicted octanol–water partition coefficient (Wildman–Crippen LogP) is 11.9. The van der Waals surface area contributed by atoms with Gasteiger partial charge in [-0.05, 0) is 77.9 Å². The zero-order chi connectivity index (χ0) is 29.5. The zero-order valence-corrected chi connectivity index (χ0v) is 25.1. The fraction of sp³-hybridized carbons (Fsp3) is 0. The Bertz CT molecular complexity index is 2760. The van der Waals surface area contributed by atoms with Crippen LogP contribution in [0.2, 0.25) is 0 Å². The van der Waals surface area contributed by atoms with Gasteiger partial charge in [0.25, 0.3) is 0 Å². The Morgan fingerprint density at radius 1 is 0.311 bits per heavy atom. The SMILES string of the molecule is c1ccc(-n2c3ccccc3c3cc(-c4ccc5c(c4)c4ccccc4n5-c4ccc5c(c4)sc4ccccc45)ccc32)cc1. The highest BCUT2D eigenvalue weighted by molar-refractivity contribution is 7.25. The topological polar surface area (TPSA) is 9.86 Å². The lowest BCUT2D eigenvalue weighted by atomic mass is 10.0. The molecule has 7 aromatic carbocycles. The molecule has 0 amide bonds. The summed E-state index contributed by atoms with van der Waals surface area (Å²) < 4.78 is 7.45. The molecule has 10 rings (SSSR count). The Labute approximate surface area is 263 Å². The number of para-hydroxylation sites is 3. The van der Waals surface area contributed by atoms with E-state index in [2.05, 4.69) is 167 Å². The third-order valence-corrected chi connectivity index (χ3v) is 10.4. The molecule has 0 atom stereocenters. The van der Waals surface area contributed by atoms with Crippen molar-refractivity contribution < 1.29 is 0 Å². The summed E-state index contributed by atoms with van der Waals surface area (Å²) in [7, 11) is 0. The van der Waals surface area contributed by atoms with Crippen molar-refractivity contribution in [2.75, 3.05) is 0 Å². The van der Waals surface area contributed by atoms with Crippen molar-refractivity contribution in [3.05, 3.63) is 158 Å². The average Bonchev–Trinajstić information content (AvgIpc) is 3.75. The highest BCUT2D eigenvalue weighted by Crippen LogP contribution is 2.40. The van der Waals surface area contributed by atoms with E-state index in [0.717, 1.165) is 0 Å². The fourth-order valence-electron chi connectivity index (χ4n) is 7.29. The van der Waals surface area contributed by atoms with E-state index in [1.54, 1.807) is 0 Å². The summed E-state index contributed by atoms with van der Waals surface area (Å²) >= 11 is 1.87. The van der Waals surface area contributed by atoms with Crippen LogP contribution in [0.15, 0.2) is 158 Å². The van der Waals surface area contributed by atoms with Gasteiger partial charge in [0.15, 0.2) is 0 Å². The van der Waals surface area contributed by atoms with Crippen LogP contribution in [0.5, 0.6) is 0 Å². The van der Waals surface area contributed by atoms with Crippen molar-refractivity contribution in [1.82, 2.24) is 9.13 Å². The van der Waals surface area contributed by atoms with Crippen LogP contribution in [0.4, 0.5) is 0 Å². The molecule has 0 bridgehead atoms. The lowest BCUT2D eigenvalue weighted by Crippen LogP contribution is -1.93. The molecule has 45 heavy (non-hydrogen) atoms. The van der Waals surface area contributed by atoms with Gasteiger partial charge in [0.2, 0.25) is 0 Å². The first-order valence-electron chi connectivity index (χ1n) is 15.4. The summed E-state index contributed by atoms with van der Waals surface area (Å²) in [4.78, 5) is 0. The molecule has 0 aliphatic heterocycles. The number of hydrogen-bond acceptors (Lipinski definition) is 1. The first kappa shape index (κ1) is 24.8. The molecule has 10 aromatic rings. The third kappa shape index (κ3) is 3.62. The molecule has 0 saturated heterocycles. The summed E-state index contributed by atoms with van der Waals surface area (Å²) in [5.41, 5.74) is 9.73. The fourth-order valence-corrected chi connectivity index (χ4v) is 8.43. The first-order valence-corrected chi connectivity index (χ1v) is 16.2. The van der Waals surface area contributed by atoms with Crippen LogP contribution in [-0.2, 0) is 0 Å². The zero-order valence-electron chi connectivity index (χ0n) is 24.3. The van der Waals surface area contributed by atoms with E-state index < -0.39 is 0 Å². The van der Waals surface area contributed by atoms with Gasteiger partial charge < -0.3 is 9.13 Å². The van der Waals surface area contributed by atoms with E-state index >= 15 is 0 Å². The van der Waals surface area contributed by atoms with Crippen molar-refractivity contribution in [2.45, 2.75) is 0 Å². The van der Waals surface area contributed by atoms with E-state index in [-0.39, 0.29) is 0 Å². The molecule has 3 aromatic heterocycles. The van der Waals surface area contributed by atoms with Gasteiger partial charge >= 0.3 is 0 Å². The van der Waals surface area contributed by atoms with Crippen molar-refractivity contribution in [3.8, 4) is 22.5 Å². The Hall–Kier alpha value is -5.64. The van der Waals surface area contributed by atoms with Crippen LogP contribution in [-0.4, -0.2) is 9.13 Å². The molecule has 210 valence electrons. The number of aromatic nitrogens is 2. The maximum Gasteiger partial charge on any atom is 0.0541 e. The van der Waals surface area contributed by atoms with E-state index in [4.69, 9.17) is 0 Å². The molecule has 3 heteroatoms. The van der Waals surface area contributed by atoms with Crippen LogP contribution < -0.4 is 0 Å². The Morgan fingerprint density at radius 2 is 0.822 bits per heavy atom. The lowest BCUT2D eigenvalue weighted by Gasteiger charge is -2.09. The maximum atomic E-state index is 2.43. The number of fused-ring (bicyclic) bond motifs is 9. The quantitative estimate of drug-likeness (QED) is 0.194. The van der Waals surface area contributed by atoms with Gasteiger partial charge in [-0.2, -0.15) is 0 Å². The van der Waals surface area contributed by atoms with Gasteiger partial charge in [-0.1, -0.05) is 91.0 Å². The van der Waals surface area contributed by atoms with E-state index in [1.807, 2.05) is 11.3 Å². The Balaban J connectivity index is 1.17. The maximum absolute atomic E-state index is 2.43. The number of hydrogen-bond donors (Lipinski definition) is 0. The van der Waals surface area contributed by atoms with Gasteiger partial charge in [0.05, 0.1) is 22.1 Å². The van der Waals surface area contributed by atoms with Crippen molar-refractivity contribution >= 4 is 75.1 Å². The molecule has 2 nitrogen and oxygen atoms in total. The van der Waals surface area contributed by atoms with Gasteiger partial charge in [0, 0.05) is 53.1 Å². The summed E-state index contributed by atoms with van der Waals surface area (Å²) in [5, 5.41) is 7.74. The molecule has 3 heterocycles. The molecule has 0 aliphatic rings.